The first kappa shape index (κ1) is 21.5. The molecule has 0 unspecified atom stereocenters. The van der Waals surface area contributed by atoms with Crippen molar-refractivity contribution in [2.75, 3.05) is 32.7 Å². The molecule has 0 bridgehead atoms. The maximum absolute atomic E-state index is 12.7. The van der Waals surface area contributed by atoms with E-state index < -0.39 is 6.10 Å². The second-order valence-electron chi connectivity index (χ2n) is 8.62. The number of aryl methyl sites for hydroxylation is 1. The molecular weight excluding hydrogens is 394 g/mol. The molecule has 8 nitrogen and oxygen atoms in total. The monoisotopic (exact) mass is 425 g/mol. The smallest absolute Gasteiger partial charge is 0.317 e. The summed E-state index contributed by atoms with van der Waals surface area (Å²) in [5.41, 5.74) is 3.24. The molecule has 1 fully saturated rings. The van der Waals surface area contributed by atoms with Crippen LogP contribution in [0.1, 0.15) is 35.6 Å². The molecular formula is C23H31N5O3. The highest BCUT2D eigenvalue weighted by molar-refractivity contribution is 5.74. The van der Waals surface area contributed by atoms with Crippen LogP contribution >= 0.6 is 0 Å². The Morgan fingerprint density at radius 3 is 2.94 bits per heavy atom. The lowest BCUT2D eigenvalue weighted by Gasteiger charge is -2.34. The van der Waals surface area contributed by atoms with Gasteiger partial charge in [-0.1, -0.05) is 24.3 Å². The average molecular weight is 426 g/mol. The van der Waals surface area contributed by atoms with Crippen LogP contribution in [0.2, 0.25) is 0 Å². The van der Waals surface area contributed by atoms with Crippen molar-refractivity contribution in [3.05, 3.63) is 63.8 Å². The van der Waals surface area contributed by atoms with Gasteiger partial charge in [-0.25, -0.2) is 9.78 Å². The van der Waals surface area contributed by atoms with E-state index in [0.717, 1.165) is 32.4 Å². The third-order valence-electron chi connectivity index (χ3n) is 6.28. The number of hydrogen-bond acceptors (Lipinski definition) is 5. The van der Waals surface area contributed by atoms with Gasteiger partial charge >= 0.3 is 6.03 Å². The number of hydrogen-bond donors (Lipinski definition) is 2. The molecule has 3 heterocycles. The van der Waals surface area contributed by atoms with Crippen LogP contribution in [0, 0.1) is 6.92 Å². The molecule has 0 saturated carbocycles. The zero-order valence-corrected chi connectivity index (χ0v) is 18.0. The Hall–Kier alpha value is -2.71. The molecule has 4 rings (SSSR count). The predicted octanol–water partition coefficient (Wildman–Crippen LogP) is 1.32. The van der Waals surface area contributed by atoms with Crippen molar-refractivity contribution in [1.82, 2.24) is 24.7 Å². The molecule has 166 valence electrons. The van der Waals surface area contributed by atoms with Gasteiger partial charge in [0.1, 0.15) is 0 Å². The molecule has 2 atom stereocenters. The van der Waals surface area contributed by atoms with Gasteiger partial charge in [-0.3, -0.25) is 14.3 Å². The maximum Gasteiger partial charge on any atom is 0.317 e. The van der Waals surface area contributed by atoms with Crippen LogP contribution in [0.15, 0.2) is 41.6 Å². The zero-order chi connectivity index (χ0) is 21.8. The number of nitrogens with zero attached hydrogens (tertiary/aromatic N) is 4. The highest BCUT2D eigenvalue weighted by Crippen LogP contribution is 2.20. The van der Waals surface area contributed by atoms with Crippen LogP contribution in [0.3, 0.4) is 0 Å². The molecule has 0 radical (unpaired) electrons. The van der Waals surface area contributed by atoms with Gasteiger partial charge in [0.05, 0.1) is 18.5 Å². The van der Waals surface area contributed by atoms with Crippen LogP contribution in [-0.2, 0) is 13.0 Å². The van der Waals surface area contributed by atoms with Crippen LogP contribution < -0.4 is 10.9 Å². The first-order chi connectivity index (χ1) is 15.0. The Balaban J connectivity index is 1.26. The van der Waals surface area contributed by atoms with Crippen LogP contribution in [-0.4, -0.2) is 69.3 Å². The van der Waals surface area contributed by atoms with Crippen LogP contribution in [0.5, 0.6) is 0 Å². The largest absolute Gasteiger partial charge is 0.390 e. The molecule has 2 aliphatic heterocycles. The van der Waals surface area contributed by atoms with Crippen molar-refractivity contribution < 1.29 is 9.90 Å². The van der Waals surface area contributed by atoms with E-state index >= 15 is 0 Å². The van der Waals surface area contributed by atoms with E-state index in [-0.39, 0.29) is 24.2 Å². The third kappa shape index (κ3) is 5.14. The van der Waals surface area contributed by atoms with E-state index in [4.69, 9.17) is 0 Å². The Labute approximate surface area is 182 Å². The number of rotatable bonds is 5. The first-order valence-corrected chi connectivity index (χ1v) is 11.0. The molecule has 2 amide bonds. The number of nitrogens with one attached hydrogen (secondary N) is 1. The quantitative estimate of drug-likeness (QED) is 0.754. The van der Waals surface area contributed by atoms with Gasteiger partial charge in [-0.2, -0.15) is 0 Å². The van der Waals surface area contributed by atoms with Crippen molar-refractivity contribution in [1.29, 1.82) is 0 Å². The number of likely N-dealkylation sites (tertiary alicyclic amines) is 1. The molecule has 1 saturated heterocycles. The van der Waals surface area contributed by atoms with Gasteiger partial charge < -0.3 is 15.3 Å². The van der Waals surface area contributed by atoms with Gasteiger partial charge in [0, 0.05) is 51.0 Å². The number of piperidine rings is 1. The van der Waals surface area contributed by atoms with Crippen LogP contribution in [0.25, 0.3) is 0 Å². The Morgan fingerprint density at radius 2 is 2.10 bits per heavy atom. The summed E-state index contributed by atoms with van der Waals surface area (Å²) in [6.45, 7) is 5.35. The zero-order valence-electron chi connectivity index (χ0n) is 18.0. The van der Waals surface area contributed by atoms with Crippen LogP contribution in [0.4, 0.5) is 4.79 Å². The summed E-state index contributed by atoms with van der Waals surface area (Å²) in [7, 11) is 0. The number of aliphatic hydroxyl groups is 1. The summed E-state index contributed by atoms with van der Waals surface area (Å²) in [4.78, 5) is 33.1. The number of aromatic nitrogens is 2. The van der Waals surface area contributed by atoms with Crippen molar-refractivity contribution in [2.45, 2.75) is 44.9 Å². The second-order valence-corrected chi connectivity index (χ2v) is 8.62. The number of carbonyl (C=O) groups is 1. The summed E-state index contributed by atoms with van der Waals surface area (Å²) in [6.07, 6.45) is 5.15. The van der Waals surface area contributed by atoms with Crippen molar-refractivity contribution >= 4 is 6.03 Å². The summed E-state index contributed by atoms with van der Waals surface area (Å²) >= 11 is 0. The number of benzene rings is 1. The van der Waals surface area contributed by atoms with Crippen molar-refractivity contribution in [3.8, 4) is 0 Å². The van der Waals surface area contributed by atoms with E-state index in [1.807, 2.05) is 6.07 Å². The van der Waals surface area contributed by atoms with E-state index in [2.05, 4.69) is 33.4 Å². The normalized spacial score (nSPS) is 20.2. The third-order valence-corrected chi connectivity index (χ3v) is 6.28. The molecule has 0 aliphatic carbocycles. The molecule has 2 N–H and O–H groups in total. The topological polar surface area (TPSA) is 90.7 Å². The Bertz CT molecular complexity index is 976. The summed E-state index contributed by atoms with van der Waals surface area (Å²) in [6, 6.07) is 8.15. The lowest BCUT2D eigenvalue weighted by atomic mass is 10.00. The standard InChI is InChI=1S/C23H31N5O3/c1-17-11-24-16-28(22(17)30)20-7-4-9-27(14-20)23(31)25-12-21(29)15-26-10-8-18-5-2-3-6-19(18)13-26/h2-3,5-6,11,16,20-21,29H,4,7-10,12-15H2,1H3,(H,25,31)/t20-,21+/m1/s1. The number of carbonyl (C=O) groups excluding carboxylic acids is 1. The fourth-order valence-corrected chi connectivity index (χ4v) is 4.54. The van der Waals surface area contributed by atoms with Gasteiger partial charge in [0.15, 0.2) is 0 Å². The lowest BCUT2D eigenvalue weighted by molar-refractivity contribution is 0.102. The van der Waals surface area contributed by atoms with E-state index in [0.29, 0.717) is 25.2 Å². The van der Waals surface area contributed by atoms with E-state index in [1.165, 1.54) is 11.1 Å². The number of β-amino-alcohol motifs (C(OH)–C–C–N with tert-alkyl or cyclic N) is 1. The van der Waals surface area contributed by atoms with Crippen molar-refractivity contribution in [3.63, 3.8) is 0 Å². The molecule has 31 heavy (non-hydrogen) atoms. The van der Waals surface area contributed by atoms with E-state index in [1.54, 1.807) is 28.9 Å². The predicted molar refractivity (Wildman–Crippen MR) is 118 cm³/mol. The number of fused-ring (bicyclic) bond motifs is 1. The second kappa shape index (κ2) is 9.62. The molecule has 1 aromatic heterocycles. The summed E-state index contributed by atoms with van der Waals surface area (Å²) in [5, 5.41) is 13.3. The SMILES string of the molecule is Cc1cncn([C@@H]2CCCN(C(=O)NC[C@H](O)CN3CCc4ccccc4C3)C2)c1=O. The fourth-order valence-electron chi connectivity index (χ4n) is 4.54. The molecule has 2 aromatic rings. The van der Waals surface area contributed by atoms with Gasteiger partial charge in [-0.15, -0.1) is 0 Å². The van der Waals surface area contributed by atoms with Gasteiger partial charge in [0.2, 0.25) is 0 Å². The first-order valence-electron chi connectivity index (χ1n) is 11.0. The Kier molecular flexibility index (Phi) is 6.67. The highest BCUT2D eigenvalue weighted by Gasteiger charge is 2.26. The number of amides is 2. The number of aliphatic hydroxyl groups excluding tert-OH is 1. The minimum Gasteiger partial charge on any atom is -0.390 e. The minimum absolute atomic E-state index is 0.0548. The summed E-state index contributed by atoms with van der Waals surface area (Å²) < 4.78 is 1.64. The molecule has 2 aliphatic rings. The summed E-state index contributed by atoms with van der Waals surface area (Å²) in [5.74, 6) is 0. The fraction of sp³-hybridized carbons (Fsp3) is 0.522. The van der Waals surface area contributed by atoms with Gasteiger partial charge in [0.25, 0.3) is 5.56 Å². The molecule has 8 heteroatoms. The lowest BCUT2D eigenvalue weighted by Crippen LogP contribution is -2.49. The molecule has 0 spiro atoms. The highest BCUT2D eigenvalue weighted by atomic mass is 16.3. The van der Waals surface area contributed by atoms with Gasteiger partial charge in [-0.05, 0) is 37.3 Å². The Morgan fingerprint density at radius 1 is 1.29 bits per heavy atom. The number of urea groups is 1. The minimum atomic E-state index is -0.626. The van der Waals surface area contributed by atoms with E-state index in [9.17, 15) is 14.7 Å². The van der Waals surface area contributed by atoms with Crippen molar-refractivity contribution in [2.24, 2.45) is 0 Å². The maximum atomic E-state index is 12.7. The average Bonchev–Trinajstić information content (AvgIpc) is 2.79. The molecule has 1 aromatic carbocycles.